The van der Waals surface area contributed by atoms with Crippen LogP contribution in [0.2, 0.25) is 0 Å². The molecule has 1 aliphatic heterocycles. The molecule has 1 saturated heterocycles. The average molecular weight is 304 g/mol. The van der Waals surface area contributed by atoms with E-state index in [0.29, 0.717) is 0 Å². The van der Waals surface area contributed by atoms with E-state index in [4.69, 9.17) is 24.2 Å². The van der Waals surface area contributed by atoms with Gasteiger partial charge in [-0.05, 0) is 11.5 Å². The maximum absolute atomic E-state index is 9.51. The molecule has 7 N–H and O–H groups in total. The number of hydrogen-bond acceptors (Lipinski definition) is 9. The van der Waals surface area contributed by atoms with Crippen molar-refractivity contribution in [2.45, 2.75) is 43.2 Å². The van der Waals surface area contributed by atoms with E-state index in [1.165, 1.54) is 0 Å². The summed E-state index contributed by atoms with van der Waals surface area (Å²) in [5.74, 6) is -2.08. The van der Waals surface area contributed by atoms with Gasteiger partial charge in [-0.15, -0.1) is 0 Å². The van der Waals surface area contributed by atoms with E-state index in [-0.39, 0.29) is 0 Å². The lowest BCUT2D eigenvalue weighted by molar-refractivity contribution is -0.350. The molecule has 1 rings (SSSR count). The van der Waals surface area contributed by atoms with Crippen molar-refractivity contribution in [2.75, 3.05) is 6.61 Å². The normalized spacial score (nSPS) is 41.0. The third-order valence-corrected chi connectivity index (χ3v) is 2.50. The first-order valence-electron chi connectivity index (χ1n) is 5.11. The molecule has 0 saturated carbocycles. The Morgan fingerprint density at radius 3 is 2.16 bits per heavy atom. The van der Waals surface area contributed by atoms with Gasteiger partial charge in [-0.2, -0.15) is 4.89 Å². The maximum atomic E-state index is 9.51. The molecule has 0 aromatic carbocycles. The monoisotopic (exact) mass is 304 g/mol. The van der Waals surface area contributed by atoms with Gasteiger partial charge >= 0.3 is 8.25 Å². The van der Waals surface area contributed by atoms with E-state index in [1.807, 2.05) is 0 Å². The molecule has 1 aliphatic rings. The van der Waals surface area contributed by atoms with Crippen molar-refractivity contribution in [3.63, 3.8) is 0 Å². The average Bonchev–Trinajstić information content (AvgIpc) is 2.30. The van der Waals surface area contributed by atoms with Crippen LogP contribution in [-0.2, 0) is 9.30 Å². The van der Waals surface area contributed by atoms with Crippen LogP contribution in [0.3, 0.4) is 0 Å². The van der Waals surface area contributed by atoms with Crippen molar-refractivity contribution in [3.05, 3.63) is 0 Å². The van der Waals surface area contributed by atoms with Crippen LogP contribution in [0.15, 0.2) is 0 Å². The van der Waals surface area contributed by atoms with E-state index in [2.05, 4.69) is 0 Å². The molecule has 114 valence electrons. The van der Waals surface area contributed by atoms with Crippen molar-refractivity contribution < 1.29 is 49.7 Å². The Bertz CT molecular complexity index is 293. The SMILES string of the molecule is C[C@]1(O)OC([C@H](O)CO)[C@@H](O)[C@H](O)C1O.O=[P+]([O-])O. The molecule has 19 heavy (non-hydrogen) atoms. The third kappa shape index (κ3) is 5.32. The molecular formula is C8H17O10P. The highest BCUT2D eigenvalue weighted by Crippen LogP contribution is 2.29. The Morgan fingerprint density at radius 2 is 1.79 bits per heavy atom. The van der Waals surface area contributed by atoms with E-state index in [9.17, 15) is 25.5 Å². The highest BCUT2D eigenvalue weighted by Gasteiger charge is 2.51. The summed E-state index contributed by atoms with van der Waals surface area (Å²) in [6.07, 6.45) is -7.73. The van der Waals surface area contributed by atoms with Crippen LogP contribution in [0.5, 0.6) is 0 Å². The number of hydrogen-bond donors (Lipinski definition) is 7. The molecule has 0 aliphatic carbocycles. The second-order valence-electron chi connectivity index (χ2n) is 4.05. The van der Waals surface area contributed by atoms with Gasteiger partial charge in [-0.1, -0.05) is 0 Å². The first-order chi connectivity index (χ1) is 8.54. The Hall–Kier alpha value is -0.260. The summed E-state index contributed by atoms with van der Waals surface area (Å²) in [5.41, 5.74) is 0. The molecule has 10 nitrogen and oxygen atoms in total. The van der Waals surface area contributed by atoms with Gasteiger partial charge in [0.2, 0.25) is 0 Å². The van der Waals surface area contributed by atoms with Crippen LogP contribution < -0.4 is 4.89 Å². The second-order valence-corrected chi connectivity index (χ2v) is 4.53. The molecule has 1 fully saturated rings. The summed E-state index contributed by atoms with van der Waals surface area (Å²) in [6.45, 7) is 0.393. The molecule has 0 aromatic rings. The lowest BCUT2D eigenvalue weighted by Crippen LogP contribution is -2.65. The van der Waals surface area contributed by atoms with E-state index in [1.54, 1.807) is 0 Å². The van der Waals surface area contributed by atoms with Crippen molar-refractivity contribution in [3.8, 4) is 0 Å². The summed E-state index contributed by atoms with van der Waals surface area (Å²) in [4.78, 5) is 15.6. The Morgan fingerprint density at radius 1 is 1.37 bits per heavy atom. The van der Waals surface area contributed by atoms with Crippen molar-refractivity contribution in [2.24, 2.45) is 0 Å². The molecule has 3 unspecified atom stereocenters. The summed E-state index contributed by atoms with van der Waals surface area (Å²) in [5, 5.41) is 55.5. The fourth-order valence-electron chi connectivity index (χ4n) is 1.52. The molecule has 0 amide bonds. The largest absolute Gasteiger partial charge is 0.567 e. The zero-order valence-electron chi connectivity index (χ0n) is 9.90. The van der Waals surface area contributed by atoms with Crippen LogP contribution in [0.1, 0.15) is 6.92 Å². The first kappa shape index (κ1) is 18.7. The van der Waals surface area contributed by atoms with Crippen LogP contribution in [0.4, 0.5) is 0 Å². The van der Waals surface area contributed by atoms with E-state index in [0.717, 1.165) is 6.92 Å². The first-order valence-corrected chi connectivity index (χ1v) is 6.24. The highest BCUT2D eigenvalue weighted by atomic mass is 31.1. The molecule has 1 heterocycles. The summed E-state index contributed by atoms with van der Waals surface area (Å²) >= 11 is 0. The molecule has 7 atom stereocenters. The van der Waals surface area contributed by atoms with Gasteiger partial charge in [0.1, 0.15) is 30.5 Å². The smallest absolute Gasteiger partial charge is 0.485 e. The molecule has 0 aromatic heterocycles. The summed E-state index contributed by atoms with van der Waals surface area (Å²) in [6, 6.07) is 0. The Kier molecular flexibility index (Phi) is 7.40. The minimum atomic E-state index is -3.12. The minimum absolute atomic E-state index is 0.694. The van der Waals surface area contributed by atoms with Gasteiger partial charge in [-0.3, -0.25) is 0 Å². The molecule has 11 heteroatoms. The summed E-state index contributed by atoms with van der Waals surface area (Å²) in [7, 11) is -3.12. The van der Waals surface area contributed by atoms with Crippen LogP contribution in [0.25, 0.3) is 0 Å². The molecular weight excluding hydrogens is 287 g/mol. The molecule has 0 bridgehead atoms. The second kappa shape index (κ2) is 7.50. The Labute approximate surface area is 109 Å². The van der Waals surface area contributed by atoms with Gasteiger partial charge in [-0.25, -0.2) is 0 Å². The number of rotatable bonds is 2. The lowest BCUT2D eigenvalue weighted by atomic mass is 9.91. The third-order valence-electron chi connectivity index (χ3n) is 2.50. The van der Waals surface area contributed by atoms with Crippen molar-refractivity contribution >= 4 is 8.25 Å². The van der Waals surface area contributed by atoms with Gasteiger partial charge in [0.15, 0.2) is 5.79 Å². The number of aliphatic hydroxyl groups is 6. The zero-order valence-corrected chi connectivity index (χ0v) is 10.8. The topological polar surface area (TPSA) is 191 Å². The highest BCUT2D eigenvalue weighted by molar-refractivity contribution is 7.29. The Balaban J connectivity index is 0.000000711. The van der Waals surface area contributed by atoms with Crippen molar-refractivity contribution in [1.82, 2.24) is 0 Å². The fraction of sp³-hybridized carbons (Fsp3) is 1.00. The number of ether oxygens (including phenoxy) is 1. The van der Waals surface area contributed by atoms with E-state index >= 15 is 0 Å². The standard InChI is InChI=1S/C8H16O7.HO3P/c1-8(14)7(13)5(12)4(11)6(15-8)3(10)2-9;1-4(2)3/h3-7,9-14H,2H2,1H3;(H,1,2,3)/t3-,4+,5+,6?,7?,8+;/m1./s1. The summed E-state index contributed by atoms with van der Waals surface area (Å²) < 4.78 is 13.4. The van der Waals surface area contributed by atoms with Gasteiger partial charge in [0.25, 0.3) is 0 Å². The van der Waals surface area contributed by atoms with Crippen LogP contribution in [-0.4, -0.2) is 78.4 Å². The lowest BCUT2D eigenvalue weighted by Gasteiger charge is -2.45. The molecule has 0 radical (unpaired) electrons. The van der Waals surface area contributed by atoms with Crippen LogP contribution in [0, 0.1) is 0 Å². The van der Waals surface area contributed by atoms with Crippen molar-refractivity contribution in [1.29, 1.82) is 0 Å². The predicted octanol–water partition coefficient (Wildman–Crippen LogP) is -4.47. The molecule has 0 spiro atoms. The van der Waals surface area contributed by atoms with E-state index < -0.39 is 51.2 Å². The van der Waals surface area contributed by atoms with Gasteiger partial charge in [0, 0.05) is 0 Å². The quantitative estimate of drug-likeness (QED) is 0.245. The predicted molar refractivity (Wildman–Crippen MR) is 56.4 cm³/mol. The maximum Gasteiger partial charge on any atom is 0.485 e. The minimum Gasteiger partial charge on any atom is -0.567 e. The van der Waals surface area contributed by atoms with Gasteiger partial charge < -0.3 is 40.3 Å². The fourth-order valence-corrected chi connectivity index (χ4v) is 1.52. The van der Waals surface area contributed by atoms with Gasteiger partial charge in [0.05, 0.1) is 6.61 Å². The number of aliphatic hydroxyl groups excluding tert-OH is 5. The van der Waals surface area contributed by atoms with Crippen LogP contribution >= 0.6 is 8.25 Å². The zero-order chi connectivity index (χ0) is 15.4.